The average Bonchev–Trinajstić information content (AvgIpc) is 3.16. The first-order chi connectivity index (χ1) is 12.8. The van der Waals surface area contributed by atoms with Crippen LogP contribution in [0.2, 0.25) is 0 Å². The Bertz CT molecular complexity index is 800. The van der Waals surface area contributed by atoms with Crippen LogP contribution in [-0.2, 0) is 11.0 Å². The summed E-state index contributed by atoms with van der Waals surface area (Å²) in [5.41, 5.74) is 4.85. The standard InChI is InChI=1S/C17H20F3N5O2/c1-11(24-5-7-25(8-6-24)14(26)10-21)16-22-15(23-27-16)12-3-2-4-13(9-12)17(18,19)20/h2-4,9,11H,5-8,10,21H2,1H3. The molecule has 1 unspecified atom stereocenters. The van der Waals surface area contributed by atoms with E-state index in [1.54, 1.807) is 4.90 Å². The van der Waals surface area contributed by atoms with E-state index < -0.39 is 11.7 Å². The fraction of sp³-hybridized carbons (Fsp3) is 0.471. The van der Waals surface area contributed by atoms with Gasteiger partial charge in [0.1, 0.15) is 0 Å². The van der Waals surface area contributed by atoms with E-state index in [0.29, 0.717) is 32.1 Å². The van der Waals surface area contributed by atoms with E-state index in [4.69, 9.17) is 10.3 Å². The molecule has 146 valence electrons. The van der Waals surface area contributed by atoms with Crippen molar-refractivity contribution in [1.29, 1.82) is 0 Å². The zero-order valence-electron chi connectivity index (χ0n) is 14.7. The maximum atomic E-state index is 12.9. The van der Waals surface area contributed by atoms with Gasteiger partial charge >= 0.3 is 6.18 Å². The van der Waals surface area contributed by atoms with Crippen LogP contribution in [0.25, 0.3) is 11.4 Å². The minimum absolute atomic E-state index is 0.0143. The van der Waals surface area contributed by atoms with Gasteiger partial charge in [-0.2, -0.15) is 18.2 Å². The highest BCUT2D eigenvalue weighted by Gasteiger charge is 2.31. The fourth-order valence-corrected chi connectivity index (χ4v) is 3.00. The Labute approximate surface area is 153 Å². The average molecular weight is 383 g/mol. The summed E-state index contributed by atoms with van der Waals surface area (Å²) >= 11 is 0. The van der Waals surface area contributed by atoms with Gasteiger partial charge in [-0.1, -0.05) is 17.3 Å². The van der Waals surface area contributed by atoms with Crippen LogP contribution >= 0.6 is 0 Å². The number of carbonyl (C=O) groups excluding carboxylic acids is 1. The van der Waals surface area contributed by atoms with E-state index in [2.05, 4.69) is 15.0 Å². The van der Waals surface area contributed by atoms with Crippen molar-refractivity contribution < 1.29 is 22.5 Å². The third-order valence-corrected chi connectivity index (χ3v) is 4.64. The molecule has 1 saturated heterocycles. The van der Waals surface area contributed by atoms with Crippen LogP contribution < -0.4 is 5.73 Å². The fourth-order valence-electron chi connectivity index (χ4n) is 3.00. The highest BCUT2D eigenvalue weighted by molar-refractivity contribution is 5.78. The lowest BCUT2D eigenvalue weighted by atomic mass is 10.1. The molecule has 0 aliphatic carbocycles. The maximum Gasteiger partial charge on any atom is 0.416 e. The second-order valence-electron chi connectivity index (χ2n) is 6.33. The molecule has 27 heavy (non-hydrogen) atoms. The predicted octanol–water partition coefficient (Wildman–Crippen LogP) is 1.92. The first kappa shape index (κ1) is 19.3. The Kier molecular flexibility index (Phi) is 5.47. The van der Waals surface area contributed by atoms with Gasteiger partial charge in [-0.25, -0.2) is 0 Å². The Morgan fingerprint density at radius 3 is 2.63 bits per heavy atom. The molecule has 1 aliphatic rings. The van der Waals surface area contributed by atoms with Crippen LogP contribution in [0.3, 0.4) is 0 Å². The molecule has 1 aromatic carbocycles. The molecule has 2 N–H and O–H groups in total. The molecule has 1 atom stereocenters. The van der Waals surface area contributed by atoms with Crippen molar-refractivity contribution in [2.75, 3.05) is 32.7 Å². The summed E-state index contributed by atoms with van der Waals surface area (Å²) in [6, 6.07) is 4.59. The van der Waals surface area contributed by atoms with Crippen LogP contribution in [0.15, 0.2) is 28.8 Å². The third kappa shape index (κ3) is 4.28. The molecule has 0 saturated carbocycles. The summed E-state index contributed by atoms with van der Waals surface area (Å²) in [5.74, 6) is 0.341. The Morgan fingerprint density at radius 1 is 1.30 bits per heavy atom. The maximum absolute atomic E-state index is 12.9. The smallest absolute Gasteiger partial charge is 0.339 e. The predicted molar refractivity (Wildman–Crippen MR) is 90.4 cm³/mol. The van der Waals surface area contributed by atoms with E-state index in [0.717, 1.165) is 12.1 Å². The van der Waals surface area contributed by atoms with Gasteiger partial charge < -0.3 is 15.2 Å². The minimum Gasteiger partial charge on any atom is -0.339 e. The number of hydrogen-bond donors (Lipinski definition) is 1. The number of alkyl halides is 3. The van der Waals surface area contributed by atoms with Crippen molar-refractivity contribution in [3.05, 3.63) is 35.7 Å². The van der Waals surface area contributed by atoms with Crippen molar-refractivity contribution in [3.8, 4) is 11.4 Å². The van der Waals surface area contributed by atoms with Gasteiger partial charge in [0.2, 0.25) is 17.6 Å². The lowest BCUT2D eigenvalue weighted by Crippen LogP contribution is -2.50. The Hall–Kier alpha value is -2.46. The normalized spacial score (nSPS) is 17.1. The molecule has 10 heteroatoms. The van der Waals surface area contributed by atoms with E-state index in [9.17, 15) is 18.0 Å². The van der Waals surface area contributed by atoms with Crippen molar-refractivity contribution >= 4 is 5.91 Å². The van der Waals surface area contributed by atoms with E-state index in [1.165, 1.54) is 12.1 Å². The van der Waals surface area contributed by atoms with Crippen LogP contribution in [0.5, 0.6) is 0 Å². The van der Waals surface area contributed by atoms with Crippen molar-refractivity contribution in [2.24, 2.45) is 5.73 Å². The highest BCUT2D eigenvalue weighted by atomic mass is 19.4. The largest absolute Gasteiger partial charge is 0.416 e. The van der Waals surface area contributed by atoms with E-state index in [-0.39, 0.29) is 29.9 Å². The van der Waals surface area contributed by atoms with Crippen LogP contribution in [0.1, 0.15) is 24.4 Å². The summed E-state index contributed by atoms with van der Waals surface area (Å²) in [6.45, 7) is 4.20. The molecule has 1 aromatic heterocycles. The number of amides is 1. The Balaban J connectivity index is 1.70. The van der Waals surface area contributed by atoms with Gasteiger partial charge in [0.05, 0.1) is 18.2 Å². The molecule has 7 nitrogen and oxygen atoms in total. The van der Waals surface area contributed by atoms with Crippen LogP contribution in [0, 0.1) is 0 Å². The first-order valence-electron chi connectivity index (χ1n) is 8.52. The molecule has 2 heterocycles. The van der Waals surface area contributed by atoms with Gasteiger partial charge in [-0.3, -0.25) is 9.69 Å². The lowest BCUT2D eigenvalue weighted by Gasteiger charge is -2.36. The van der Waals surface area contributed by atoms with Crippen LogP contribution in [0.4, 0.5) is 13.2 Å². The quantitative estimate of drug-likeness (QED) is 0.868. The number of rotatable bonds is 4. The molecule has 0 radical (unpaired) electrons. The van der Waals surface area contributed by atoms with Gasteiger partial charge in [0.15, 0.2) is 0 Å². The molecule has 1 amide bonds. The molecule has 1 aliphatic heterocycles. The second-order valence-corrected chi connectivity index (χ2v) is 6.33. The number of aromatic nitrogens is 2. The molecule has 0 spiro atoms. The monoisotopic (exact) mass is 383 g/mol. The minimum atomic E-state index is -4.43. The summed E-state index contributed by atoms with van der Waals surface area (Å²) in [5, 5.41) is 3.82. The molecule has 1 fully saturated rings. The van der Waals surface area contributed by atoms with E-state index >= 15 is 0 Å². The molecular weight excluding hydrogens is 363 g/mol. The molecule has 3 rings (SSSR count). The lowest BCUT2D eigenvalue weighted by molar-refractivity contribution is -0.137. The summed E-state index contributed by atoms with van der Waals surface area (Å²) < 4.78 is 43.9. The second kappa shape index (κ2) is 7.65. The molecular formula is C17H20F3N5O2. The highest BCUT2D eigenvalue weighted by Crippen LogP contribution is 2.32. The zero-order chi connectivity index (χ0) is 19.6. The van der Waals surface area contributed by atoms with E-state index in [1.807, 2.05) is 6.92 Å². The SMILES string of the molecule is CC(c1nc(-c2cccc(C(F)(F)F)c2)no1)N1CCN(C(=O)CN)CC1. The summed E-state index contributed by atoms with van der Waals surface area (Å²) in [4.78, 5) is 19.7. The van der Waals surface area contributed by atoms with Crippen molar-refractivity contribution in [3.63, 3.8) is 0 Å². The number of benzene rings is 1. The number of carbonyl (C=O) groups is 1. The molecule has 0 bridgehead atoms. The zero-order valence-corrected chi connectivity index (χ0v) is 14.7. The van der Waals surface area contributed by atoms with Crippen molar-refractivity contribution in [2.45, 2.75) is 19.1 Å². The number of nitrogens with zero attached hydrogens (tertiary/aromatic N) is 4. The first-order valence-corrected chi connectivity index (χ1v) is 8.52. The number of nitrogens with two attached hydrogens (primary N) is 1. The number of piperazine rings is 1. The van der Waals surface area contributed by atoms with Gasteiger partial charge in [-0.05, 0) is 19.1 Å². The van der Waals surface area contributed by atoms with Gasteiger partial charge in [0.25, 0.3) is 0 Å². The van der Waals surface area contributed by atoms with Crippen LogP contribution in [-0.4, -0.2) is 58.6 Å². The third-order valence-electron chi connectivity index (χ3n) is 4.64. The number of halogens is 3. The molecule has 2 aromatic rings. The number of hydrogen-bond acceptors (Lipinski definition) is 6. The van der Waals surface area contributed by atoms with Gasteiger partial charge in [0, 0.05) is 31.7 Å². The summed E-state index contributed by atoms with van der Waals surface area (Å²) in [6.07, 6.45) is -4.43. The van der Waals surface area contributed by atoms with Crippen molar-refractivity contribution in [1.82, 2.24) is 19.9 Å². The topological polar surface area (TPSA) is 88.5 Å². The summed E-state index contributed by atoms with van der Waals surface area (Å²) in [7, 11) is 0. The Morgan fingerprint density at radius 2 is 2.00 bits per heavy atom. The van der Waals surface area contributed by atoms with Gasteiger partial charge in [-0.15, -0.1) is 0 Å².